The second-order valence-electron chi connectivity index (χ2n) is 6.45. The van der Waals surface area contributed by atoms with E-state index in [2.05, 4.69) is 22.1 Å². The number of pyridine rings is 2. The van der Waals surface area contributed by atoms with Crippen molar-refractivity contribution in [3.8, 4) is 0 Å². The normalized spacial score (nSPS) is 20.3. The molecule has 1 aliphatic heterocycles. The Hall–Kier alpha value is -2.43. The molecule has 5 heteroatoms. The fourth-order valence-corrected chi connectivity index (χ4v) is 3.64. The molecule has 0 radical (unpaired) electrons. The largest absolute Gasteiger partial charge is 0.465 e. The molecule has 2 aromatic rings. The Morgan fingerprint density at radius 2 is 2.14 bits per heavy atom. The summed E-state index contributed by atoms with van der Waals surface area (Å²) in [6.07, 6.45) is 7.38. The zero-order valence-corrected chi connectivity index (χ0v) is 12.1. The van der Waals surface area contributed by atoms with E-state index in [4.69, 9.17) is 5.11 Å². The van der Waals surface area contributed by atoms with E-state index in [1.54, 1.807) is 6.20 Å². The number of rotatable bonds is 2. The molecule has 22 heavy (non-hydrogen) atoms. The summed E-state index contributed by atoms with van der Waals surface area (Å²) in [5.74, 6) is 0.539. The van der Waals surface area contributed by atoms with Gasteiger partial charge in [-0.3, -0.25) is 0 Å². The van der Waals surface area contributed by atoms with Crippen LogP contribution in [0.3, 0.4) is 0 Å². The number of hydrogen-bond donors (Lipinski definition) is 1. The van der Waals surface area contributed by atoms with Crippen LogP contribution in [-0.2, 0) is 0 Å². The molecule has 0 unspecified atom stereocenters. The van der Waals surface area contributed by atoms with Crippen molar-refractivity contribution in [2.75, 3.05) is 13.1 Å². The minimum absolute atomic E-state index is 0.256. The molecule has 1 saturated carbocycles. The SMILES string of the molecule is O=C(O)N1CC2(CC(/C=C/c3ccc4cccnc4n3)C2)C1. The minimum Gasteiger partial charge on any atom is -0.465 e. The molecular formula is C17H17N3O2. The average molecular weight is 295 g/mol. The average Bonchev–Trinajstić information content (AvgIpc) is 2.43. The van der Waals surface area contributed by atoms with Crippen LogP contribution in [-0.4, -0.2) is 39.2 Å². The summed E-state index contributed by atoms with van der Waals surface area (Å²) in [5, 5.41) is 9.93. The summed E-state index contributed by atoms with van der Waals surface area (Å²) < 4.78 is 0. The number of fused-ring (bicyclic) bond motifs is 1. The van der Waals surface area contributed by atoms with E-state index in [-0.39, 0.29) is 5.41 Å². The third-order valence-electron chi connectivity index (χ3n) is 4.74. The van der Waals surface area contributed by atoms with E-state index >= 15 is 0 Å². The number of amides is 1. The van der Waals surface area contributed by atoms with Crippen molar-refractivity contribution in [3.05, 3.63) is 42.2 Å². The van der Waals surface area contributed by atoms with E-state index < -0.39 is 6.09 Å². The summed E-state index contributed by atoms with van der Waals surface area (Å²) in [6.45, 7) is 1.40. The van der Waals surface area contributed by atoms with Crippen LogP contribution < -0.4 is 0 Å². The van der Waals surface area contributed by atoms with E-state index in [0.29, 0.717) is 19.0 Å². The maximum absolute atomic E-state index is 10.8. The van der Waals surface area contributed by atoms with Crippen LogP contribution in [0.15, 0.2) is 36.5 Å². The van der Waals surface area contributed by atoms with Gasteiger partial charge in [0.2, 0.25) is 0 Å². The number of aromatic nitrogens is 2. The Morgan fingerprint density at radius 3 is 2.91 bits per heavy atom. The molecule has 2 aliphatic rings. The summed E-state index contributed by atoms with van der Waals surface area (Å²) in [4.78, 5) is 21.1. The predicted molar refractivity (Wildman–Crippen MR) is 83.3 cm³/mol. The Morgan fingerprint density at radius 1 is 1.32 bits per heavy atom. The highest BCUT2D eigenvalue weighted by atomic mass is 16.4. The number of carboxylic acid groups (broad SMARTS) is 1. The molecule has 0 aromatic carbocycles. The van der Waals surface area contributed by atoms with Crippen molar-refractivity contribution in [3.63, 3.8) is 0 Å². The van der Waals surface area contributed by atoms with Gasteiger partial charge in [-0.15, -0.1) is 0 Å². The van der Waals surface area contributed by atoms with Crippen molar-refractivity contribution >= 4 is 23.2 Å². The van der Waals surface area contributed by atoms with Crippen LogP contribution in [0.5, 0.6) is 0 Å². The van der Waals surface area contributed by atoms with Crippen LogP contribution in [0, 0.1) is 11.3 Å². The van der Waals surface area contributed by atoms with Gasteiger partial charge in [-0.1, -0.05) is 6.08 Å². The van der Waals surface area contributed by atoms with Gasteiger partial charge in [-0.25, -0.2) is 14.8 Å². The molecule has 5 nitrogen and oxygen atoms in total. The lowest BCUT2D eigenvalue weighted by atomic mass is 9.58. The van der Waals surface area contributed by atoms with Gasteiger partial charge in [0.1, 0.15) is 0 Å². The van der Waals surface area contributed by atoms with Gasteiger partial charge >= 0.3 is 6.09 Å². The molecule has 2 aromatic heterocycles. The molecular weight excluding hydrogens is 278 g/mol. The van der Waals surface area contributed by atoms with Crippen LogP contribution in [0.1, 0.15) is 18.5 Å². The lowest BCUT2D eigenvalue weighted by molar-refractivity contribution is -0.0667. The van der Waals surface area contributed by atoms with Gasteiger partial charge < -0.3 is 10.0 Å². The van der Waals surface area contributed by atoms with Crippen LogP contribution in [0.2, 0.25) is 0 Å². The Labute approximate surface area is 128 Å². The summed E-state index contributed by atoms with van der Waals surface area (Å²) in [6, 6.07) is 7.95. The zero-order valence-electron chi connectivity index (χ0n) is 12.1. The van der Waals surface area contributed by atoms with Crippen LogP contribution >= 0.6 is 0 Å². The first-order valence-electron chi connectivity index (χ1n) is 7.51. The minimum atomic E-state index is -0.794. The highest BCUT2D eigenvalue weighted by Crippen LogP contribution is 2.52. The molecule has 3 heterocycles. The molecule has 112 valence electrons. The van der Waals surface area contributed by atoms with Gasteiger partial charge in [-0.2, -0.15) is 0 Å². The monoisotopic (exact) mass is 295 g/mol. The second-order valence-corrected chi connectivity index (χ2v) is 6.45. The maximum Gasteiger partial charge on any atom is 0.407 e. The summed E-state index contributed by atoms with van der Waals surface area (Å²) in [7, 11) is 0. The molecule has 0 bridgehead atoms. The first-order chi connectivity index (χ1) is 10.6. The topological polar surface area (TPSA) is 66.3 Å². The molecule has 4 rings (SSSR count). The lowest BCUT2D eigenvalue weighted by Gasteiger charge is -2.57. The molecule has 1 spiro atoms. The fraction of sp³-hybridized carbons (Fsp3) is 0.353. The van der Waals surface area contributed by atoms with Gasteiger partial charge in [0, 0.05) is 30.1 Å². The molecule has 1 aliphatic carbocycles. The van der Waals surface area contributed by atoms with E-state index in [9.17, 15) is 4.79 Å². The Kier molecular flexibility index (Phi) is 2.89. The lowest BCUT2D eigenvalue weighted by Crippen LogP contribution is -2.63. The number of nitrogens with zero attached hydrogens (tertiary/aromatic N) is 3. The number of hydrogen-bond acceptors (Lipinski definition) is 3. The summed E-state index contributed by atoms with van der Waals surface area (Å²) >= 11 is 0. The van der Waals surface area contributed by atoms with Crippen molar-refractivity contribution < 1.29 is 9.90 Å². The predicted octanol–water partition coefficient (Wildman–Crippen LogP) is 3.03. The molecule has 1 N–H and O–H groups in total. The highest BCUT2D eigenvalue weighted by Gasteiger charge is 2.52. The second kappa shape index (κ2) is 4.80. The first-order valence-corrected chi connectivity index (χ1v) is 7.51. The number of likely N-dealkylation sites (tertiary alicyclic amines) is 1. The quantitative estimate of drug-likeness (QED) is 0.924. The molecule has 0 atom stereocenters. The van der Waals surface area contributed by atoms with Crippen molar-refractivity contribution in [2.45, 2.75) is 12.8 Å². The fourth-order valence-electron chi connectivity index (χ4n) is 3.64. The van der Waals surface area contributed by atoms with Crippen molar-refractivity contribution in [2.24, 2.45) is 11.3 Å². The van der Waals surface area contributed by atoms with Crippen molar-refractivity contribution in [1.82, 2.24) is 14.9 Å². The van der Waals surface area contributed by atoms with E-state index in [1.165, 1.54) is 4.90 Å². The smallest absolute Gasteiger partial charge is 0.407 e. The summed E-state index contributed by atoms with van der Waals surface area (Å²) in [5.41, 5.74) is 1.95. The number of allylic oxidation sites excluding steroid dienone is 1. The van der Waals surface area contributed by atoms with E-state index in [0.717, 1.165) is 29.6 Å². The molecule has 1 saturated heterocycles. The van der Waals surface area contributed by atoms with Gasteiger partial charge in [0.15, 0.2) is 5.65 Å². The molecule has 1 amide bonds. The van der Waals surface area contributed by atoms with Gasteiger partial charge in [-0.05, 0) is 49.1 Å². The van der Waals surface area contributed by atoms with E-state index in [1.807, 2.05) is 24.3 Å². The third-order valence-corrected chi connectivity index (χ3v) is 4.74. The highest BCUT2D eigenvalue weighted by molar-refractivity contribution is 5.75. The maximum atomic E-state index is 10.8. The number of carbonyl (C=O) groups is 1. The van der Waals surface area contributed by atoms with Crippen LogP contribution in [0.25, 0.3) is 17.1 Å². The van der Waals surface area contributed by atoms with Gasteiger partial charge in [0.25, 0.3) is 0 Å². The first kappa shape index (κ1) is 13.2. The van der Waals surface area contributed by atoms with Crippen molar-refractivity contribution in [1.29, 1.82) is 0 Å². The third kappa shape index (κ3) is 2.22. The Bertz CT molecular complexity index is 757. The standard InChI is InChI=1S/C17H17N3O2/c21-16(22)20-10-17(11-20)8-12(9-17)3-5-14-6-4-13-2-1-7-18-15(13)19-14/h1-7,12H,8-11H2,(H,21,22)/b5-3+. The zero-order chi connectivity index (χ0) is 15.2. The molecule has 2 fully saturated rings. The van der Waals surface area contributed by atoms with Crippen LogP contribution in [0.4, 0.5) is 4.79 Å². The Balaban J connectivity index is 1.38. The van der Waals surface area contributed by atoms with Gasteiger partial charge in [0.05, 0.1) is 5.69 Å².